The molecule has 1 aliphatic rings. The van der Waals surface area contributed by atoms with Gasteiger partial charge in [-0.05, 0) is 54.4 Å². The summed E-state index contributed by atoms with van der Waals surface area (Å²) >= 11 is 12.7. The number of H-pyrrole nitrogens is 1. The molecular formula is C24H15Cl2FN4O4. The van der Waals surface area contributed by atoms with Gasteiger partial charge in [0.2, 0.25) is 0 Å². The van der Waals surface area contributed by atoms with Crippen molar-refractivity contribution in [3.8, 4) is 17.2 Å². The quantitative estimate of drug-likeness (QED) is 0.438. The Morgan fingerprint density at radius 3 is 2.46 bits per heavy atom. The lowest BCUT2D eigenvalue weighted by molar-refractivity contribution is 0.0979. The van der Waals surface area contributed by atoms with Gasteiger partial charge in [-0.25, -0.2) is 9.18 Å². The third kappa shape index (κ3) is 4.31. The number of ether oxygens (including phenoxy) is 1. The monoisotopic (exact) mass is 512 g/mol. The number of benzene rings is 3. The van der Waals surface area contributed by atoms with Gasteiger partial charge < -0.3 is 9.64 Å². The minimum atomic E-state index is -0.748. The van der Waals surface area contributed by atoms with E-state index in [-0.39, 0.29) is 33.1 Å². The Morgan fingerprint density at radius 1 is 1.00 bits per heavy atom. The fourth-order valence-electron chi connectivity index (χ4n) is 3.85. The molecule has 5 rings (SSSR count). The van der Waals surface area contributed by atoms with Crippen LogP contribution < -0.4 is 20.9 Å². The molecule has 1 aliphatic heterocycles. The van der Waals surface area contributed by atoms with Gasteiger partial charge in [-0.2, -0.15) is 9.78 Å². The van der Waals surface area contributed by atoms with Crippen molar-refractivity contribution >= 4 is 34.8 Å². The van der Waals surface area contributed by atoms with Gasteiger partial charge in [0.05, 0.1) is 21.4 Å². The molecule has 0 spiro atoms. The van der Waals surface area contributed by atoms with Gasteiger partial charge >= 0.3 is 5.69 Å². The lowest BCUT2D eigenvalue weighted by atomic mass is 9.98. The first-order valence-electron chi connectivity index (χ1n) is 10.4. The minimum Gasteiger partial charge on any atom is -0.454 e. The predicted molar refractivity (Wildman–Crippen MR) is 129 cm³/mol. The number of fused-ring (bicyclic) bond motifs is 1. The van der Waals surface area contributed by atoms with E-state index < -0.39 is 17.1 Å². The molecule has 0 fully saturated rings. The number of halogens is 3. The number of anilines is 1. The minimum absolute atomic E-state index is 0.104. The summed E-state index contributed by atoms with van der Waals surface area (Å²) in [4.78, 5) is 39.8. The van der Waals surface area contributed by atoms with Gasteiger partial charge in [-0.1, -0.05) is 35.3 Å². The number of aromatic amines is 1. The maximum absolute atomic E-state index is 14.2. The summed E-state index contributed by atoms with van der Waals surface area (Å²) in [6.07, 6.45) is 1.45. The molecule has 0 atom stereocenters. The van der Waals surface area contributed by atoms with Crippen LogP contribution in [-0.4, -0.2) is 27.2 Å². The van der Waals surface area contributed by atoms with E-state index in [0.717, 1.165) is 16.4 Å². The highest BCUT2D eigenvalue weighted by atomic mass is 35.5. The van der Waals surface area contributed by atoms with Crippen molar-refractivity contribution in [2.75, 3.05) is 11.4 Å². The van der Waals surface area contributed by atoms with Crippen LogP contribution in [-0.2, 0) is 6.42 Å². The van der Waals surface area contributed by atoms with Crippen LogP contribution in [0.3, 0.4) is 0 Å². The van der Waals surface area contributed by atoms with Crippen molar-refractivity contribution in [2.45, 2.75) is 6.42 Å². The highest BCUT2D eigenvalue weighted by Crippen LogP contribution is 2.39. The van der Waals surface area contributed by atoms with E-state index in [1.165, 1.54) is 23.1 Å². The Bertz CT molecular complexity index is 1580. The zero-order valence-corrected chi connectivity index (χ0v) is 19.3. The van der Waals surface area contributed by atoms with E-state index in [2.05, 4.69) is 10.1 Å². The number of carbonyl (C=O) groups is 1. The number of hydrogen-bond donors (Lipinski definition) is 1. The molecule has 0 unspecified atom stereocenters. The molecule has 0 radical (unpaired) electrons. The maximum Gasteiger partial charge on any atom is 0.349 e. The zero-order chi connectivity index (χ0) is 24.7. The van der Waals surface area contributed by atoms with Gasteiger partial charge in [0, 0.05) is 12.1 Å². The fourth-order valence-corrected chi connectivity index (χ4v) is 4.40. The first kappa shape index (κ1) is 22.8. The topological polar surface area (TPSA) is 97.3 Å². The van der Waals surface area contributed by atoms with Gasteiger partial charge in [0.1, 0.15) is 17.8 Å². The van der Waals surface area contributed by atoms with E-state index in [4.69, 9.17) is 27.9 Å². The Labute approximate surface area is 207 Å². The molecular weight excluding hydrogens is 498 g/mol. The molecule has 8 nitrogen and oxygen atoms in total. The van der Waals surface area contributed by atoms with Crippen LogP contribution >= 0.6 is 23.2 Å². The molecule has 1 amide bonds. The normalized spacial score (nSPS) is 13.0. The number of amides is 1. The van der Waals surface area contributed by atoms with Gasteiger partial charge in [-0.15, -0.1) is 0 Å². The van der Waals surface area contributed by atoms with Crippen molar-refractivity contribution in [1.29, 1.82) is 0 Å². The van der Waals surface area contributed by atoms with Crippen LogP contribution in [0.15, 0.2) is 70.4 Å². The Balaban J connectivity index is 1.42. The van der Waals surface area contributed by atoms with Crippen LogP contribution in [0, 0.1) is 5.82 Å². The molecule has 0 bridgehead atoms. The van der Waals surface area contributed by atoms with Gasteiger partial charge in [-0.3, -0.25) is 14.6 Å². The average molecular weight is 513 g/mol. The van der Waals surface area contributed by atoms with Crippen LogP contribution in [0.2, 0.25) is 10.0 Å². The van der Waals surface area contributed by atoms with E-state index in [0.29, 0.717) is 24.3 Å². The molecule has 0 aliphatic carbocycles. The van der Waals surface area contributed by atoms with Crippen LogP contribution in [0.25, 0.3) is 5.69 Å². The summed E-state index contributed by atoms with van der Waals surface area (Å²) < 4.78 is 21.0. The van der Waals surface area contributed by atoms with Crippen molar-refractivity contribution in [2.24, 2.45) is 0 Å². The molecule has 3 aromatic carbocycles. The number of nitrogens with one attached hydrogen (secondary N) is 1. The second-order valence-corrected chi connectivity index (χ2v) is 8.48. The van der Waals surface area contributed by atoms with Crippen molar-refractivity contribution < 1.29 is 13.9 Å². The van der Waals surface area contributed by atoms with E-state index in [1.54, 1.807) is 36.4 Å². The number of carbonyl (C=O) groups excluding carboxylic acids is 1. The molecule has 35 heavy (non-hydrogen) atoms. The standard InChI is InChI=1S/C24H15Cl2FN4O4/c25-17-10-14(31-24(34)29-21(32)12-28-31)11-18(26)22(17)35-15-5-6-16-13(9-15)7-8-30(23(16)33)20-4-2-1-3-19(20)27/h1-6,9-12H,7-8H2,(H,29,32,34). The lowest BCUT2D eigenvalue weighted by Gasteiger charge is -2.29. The highest BCUT2D eigenvalue weighted by molar-refractivity contribution is 6.37. The van der Waals surface area contributed by atoms with E-state index in [9.17, 15) is 18.8 Å². The smallest absolute Gasteiger partial charge is 0.349 e. The molecule has 4 aromatic rings. The van der Waals surface area contributed by atoms with Crippen LogP contribution in [0.1, 0.15) is 15.9 Å². The number of hydrogen-bond acceptors (Lipinski definition) is 5. The van der Waals surface area contributed by atoms with E-state index in [1.807, 2.05) is 0 Å². The largest absolute Gasteiger partial charge is 0.454 e. The third-order valence-corrected chi connectivity index (χ3v) is 6.02. The van der Waals surface area contributed by atoms with Crippen molar-refractivity contribution in [1.82, 2.24) is 14.8 Å². The SMILES string of the molecule is O=C1c2ccc(Oc3c(Cl)cc(-n4ncc(=O)[nH]c4=O)cc3Cl)cc2CCN1c1ccccc1F. The summed E-state index contributed by atoms with van der Waals surface area (Å²) in [6.45, 7) is 0.313. The zero-order valence-electron chi connectivity index (χ0n) is 17.8. The summed E-state index contributed by atoms with van der Waals surface area (Å²) in [6, 6.07) is 13.9. The fraction of sp³-hybridized carbons (Fsp3) is 0.0833. The average Bonchev–Trinajstić information content (AvgIpc) is 2.82. The van der Waals surface area contributed by atoms with E-state index >= 15 is 0 Å². The second kappa shape index (κ2) is 9.01. The molecule has 1 N–H and O–H groups in total. The number of aromatic nitrogens is 3. The third-order valence-electron chi connectivity index (χ3n) is 5.46. The molecule has 1 aromatic heterocycles. The first-order valence-corrected chi connectivity index (χ1v) is 11.1. The van der Waals surface area contributed by atoms with Crippen LogP contribution in [0.4, 0.5) is 10.1 Å². The summed E-state index contributed by atoms with van der Waals surface area (Å²) in [7, 11) is 0. The summed E-state index contributed by atoms with van der Waals surface area (Å²) in [5.74, 6) is -0.227. The molecule has 0 saturated heterocycles. The Morgan fingerprint density at radius 2 is 1.74 bits per heavy atom. The molecule has 0 saturated carbocycles. The summed E-state index contributed by atoms with van der Waals surface area (Å²) in [5, 5.41) is 3.98. The number of para-hydroxylation sites is 1. The number of rotatable bonds is 4. The Kier molecular flexibility index (Phi) is 5.88. The Hall–Kier alpha value is -3.95. The lowest BCUT2D eigenvalue weighted by Crippen LogP contribution is -2.38. The van der Waals surface area contributed by atoms with Gasteiger partial charge in [0.25, 0.3) is 11.5 Å². The molecule has 176 valence electrons. The van der Waals surface area contributed by atoms with Gasteiger partial charge in [0.15, 0.2) is 5.75 Å². The predicted octanol–water partition coefficient (Wildman–Crippen LogP) is 4.36. The van der Waals surface area contributed by atoms with Crippen LogP contribution in [0.5, 0.6) is 11.5 Å². The maximum atomic E-state index is 14.2. The highest BCUT2D eigenvalue weighted by Gasteiger charge is 2.27. The molecule has 11 heteroatoms. The molecule has 2 heterocycles. The first-order chi connectivity index (χ1) is 16.8. The van der Waals surface area contributed by atoms with Crippen molar-refractivity contribution in [3.63, 3.8) is 0 Å². The van der Waals surface area contributed by atoms with Crippen molar-refractivity contribution in [3.05, 3.63) is 109 Å². The summed E-state index contributed by atoms with van der Waals surface area (Å²) in [5.41, 5.74) is 0.278. The number of nitrogens with zero attached hydrogens (tertiary/aromatic N) is 3. The second-order valence-electron chi connectivity index (χ2n) is 7.67.